The van der Waals surface area contributed by atoms with E-state index in [-0.39, 0.29) is 6.03 Å². The molecule has 2 aromatic heterocycles. The fraction of sp³-hybridized carbons (Fsp3) is 0.286. The zero-order chi connectivity index (χ0) is 20.1. The maximum atomic E-state index is 12.5. The number of hydrogen-bond donors (Lipinski definition) is 1. The van der Waals surface area contributed by atoms with E-state index in [0.717, 1.165) is 17.3 Å². The second-order valence-electron chi connectivity index (χ2n) is 6.62. The van der Waals surface area contributed by atoms with Gasteiger partial charge in [-0.15, -0.1) is 10.2 Å². The van der Waals surface area contributed by atoms with Crippen LogP contribution in [-0.4, -0.2) is 53.9 Å². The minimum Gasteiger partial charge on any atom is -0.494 e. The number of anilines is 2. The normalized spacial score (nSPS) is 14.0. The van der Waals surface area contributed by atoms with E-state index in [1.807, 2.05) is 55.5 Å². The molecule has 3 aromatic rings. The van der Waals surface area contributed by atoms with Gasteiger partial charge in [-0.2, -0.15) is 0 Å². The standard InChI is InChI=1S/C21H23N5O3/c1-2-28-17-7-5-16(6-8-17)22-21(27)26-13-11-25(12-14-26)20-10-9-18(23-24-20)19-4-3-15-29-19/h3-10,15H,2,11-14H2,1H3,(H,22,27). The Morgan fingerprint density at radius 1 is 1.07 bits per heavy atom. The van der Waals surface area contributed by atoms with Crippen molar-refractivity contribution in [2.45, 2.75) is 6.92 Å². The van der Waals surface area contributed by atoms with Crippen LogP contribution >= 0.6 is 0 Å². The largest absolute Gasteiger partial charge is 0.494 e. The lowest BCUT2D eigenvalue weighted by Crippen LogP contribution is -2.50. The van der Waals surface area contributed by atoms with Gasteiger partial charge in [0.2, 0.25) is 0 Å². The highest BCUT2D eigenvalue weighted by Gasteiger charge is 2.22. The first-order valence-electron chi connectivity index (χ1n) is 9.64. The third-order valence-corrected chi connectivity index (χ3v) is 4.73. The number of rotatable bonds is 5. The second-order valence-corrected chi connectivity index (χ2v) is 6.62. The highest BCUT2D eigenvalue weighted by atomic mass is 16.5. The maximum absolute atomic E-state index is 12.5. The Hall–Kier alpha value is -3.55. The first-order chi connectivity index (χ1) is 14.2. The third-order valence-electron chi connectivity index (χ3n) is 4.73. The molecule has 1 saturated heterocycles. The quantitative estimate of drug-likeness (QED) is 0.714. The number of ether oxygens (including phenoxy) is 1. The average molecular weight is 393 g/mol. The molecule has 0 radical (unpaired) electrons. The van der Waals surface area contributed by atoms with Crippen molar-refractivity contribution in [2.75, 3.05) is 43.0 Å². The molecule has 2 amide bonds. The fourth-order valence-electron chi connectivity index (χ4n) is 3.19. The molecule has 0 bridgehead atoms. The number of furan rings is 1. The molecular formula is C21H23N5O3. The predicted octanol–water partition coefficient (Wildman–Crippen LogP) is 3.49. The predicted molar refractivity (Wildman–Crippen MR) is 110 cm³/mol. The number of hydrogen-bond acceptors (Lipinski definition) is 6. The van der Waals surface area contributed by atoms with Crippen LogP contribution < -0.4 is 15.0 Å². The van der Waals surface area contributed by atoms with E-state index in [9.17, 15) is 4.79 Å². The molecule has 150 valence electrons. The van der Waals surface area contributed by atoms with Crippen LogP contribution in [0.25, 0.3) is 11.5 Å². The van der Waals surface area contributed by atoms with Crippen molar-refractivity contribution >= 4 is 17.5 Å². The Morgan fingerprint density at radius 2 is 1.86 bits per heavy atom. The topological polar surface area (TPSA) is 83.7 Å². The SMILES string of the molecule is CCOc1ccc(NC(=O)N2CCN(c3ccc(-c4ccco4)nn3)CC2)cc1. The van der Waals surface area contributed by atoms with Crippen molar-refractivity contribution < 1.29 is 13.9 Å². The molecule has 0 unspecified atom stereocenters. The molecule has 4 rings (SSSR count). The number of carbonyl (C=O) groups excluding carboxylic acids is 1. The zero-order valence-corrected chi connectivity index (χ0v) is 16.2. The lowest BCUT2D eigenvalue weighted by Gasteiger charge is -2.35. The van der Waals surface area contributed by atoms with Crippen LogP contribution in [0.5, 0.6) is 5.75 Å². The van der Waals surface area contributed by atoms with E-state index < -0.39 is 0 Å². The average Bonchev–Trinajstić information content (AvgIpc) is 3.31. The van der Waals surface area contributed by atoms with Gasteiger partial charge in [-0.05, 0) is 55.5 Å². The summed E-state index contributed by atoms with van der Waals surface area (Å²) in [5, 5.41) is 11.5. The van der Waals surface area contributed by atoms with Crippen LogP contribution in [-0.2, 0) is 0 Å². The van der Waals surface area contributed by atoms with Gasteiger partial charge < -0.3 is 24.3 Å². The van der Waals surface area contributed by atoms with E-state index in [1.54, 1.807) is 11.2 Å². The summed E-state index contributed by atoms with van der Waals surface area (Å²) in [6.45, 7) is 5.19. The zero-order valence-electron chi connectivity index (χ0n) is 16.2. The van der Waals surface area contributed by atoms with E-state index in [1.165, 1.54) is 0 Å². The molecule has 1 aliphatic heterocycles. The first-order valence-corrected chi connectivity index (χ1v) is 9.64. The molecule has 1 aromatic carbocycles. The van der Waals surface area contributed by atoms with E-state index in [4.69, 9.17) is 9.15 Å². The first kappa shape index (κ1) is 18.8. The highest BCUT2D eigenvalue weighted by molar-refractivity contribution is 5.89. The van der Waals surface area contributed by atoms with Crippen LogP contribution in [0.1, 0.15) is 6.92 Å². The maximum Gasteiger partial charge on any atom is 0.321 e. The molecule has 8 nitrogen and oxygen atoms in total. The van der Waals surface area contributed by atoms with Crippen molar-refractivity contribution in [2.24, 2.45) is 0 Å². The van der Waals surface area contributed by atoms with Gasteiger partial charge in [0, 0.05) is 31.9 Å². The molecule has 1 N–H and O–H groups in total. The van der Waals surface area contributed by atoms with Gasteiger partial charge in [0.05, 0.1) is 12.9 Å². The summed E-state index contributed by atoms with van der Waals surface area (Å²) >= 11 is 0. The van der Waals surface area contributed by atoms with Crippen LogP contribution in [0.15, 0.2) is 59.2 Å². The molecule has 0 saturated carbocycles. The molecule has 0 aliphatic carbocycles. The van der Waals surface area contributed by atoms with Crippen molar-refractivity contribution in [3.63, 3.8) is 0 Å². The van der Waals surface area contributed by atoms with Gasteiger partial charge in [-0.25, -0.2) is 4.79 Å². The number of aromatic nitrogens is 2. The number of urea groups is 1. The molecule has 1 aliphatic rings. The van der Waals surface area contributed by atoms with Crippen LogP contribution in [0.2, 0.25) is 0 Å². The summed E-state index contributed by atoms with van der Waals surface area (Å²) in [6, 6.07) is 14.8. The second kappa shape index (κ2) is 8.64. The Bertz CT molecular complexity index is 918. The van der Waals surface area contributed by atoms with Gasteiger partial charge in [-0.1, -0.05) is 0 Å². The smallest absolute Gasteiger partial charge is 0.321 e. The lowest BCUT2D eigenvalue weighted by atomic mass is 10.3. The summed E-state index contributed by atoms with van der Waals surface area (Å²) in [6.07, 6.45) is 1.61. The van der Waals surface area contributed by atoms with Gasteiger partial charge in [0.25, 0.3) is 0 Å². The third kappa shape index (κ3) is 4.48. The number of nitrogens with one attached hydrogen (secondary N) is 1. The van der Waals surface area contributed by atoms with Gasteiger partial charge in [-0.3, -0.25) is 0 Å². The van der Waals surface area contributed by atoms with Crippen LogP contribution in [0.4, 0.5) is 16.3 Å². The summed E-state index contributed by atoms with van der Waals surface area (Å²) in [5.74, 6) is 2.28. The van der Waals surface area contributed by atoms with Gasteiger partial charge in [0.15, 0.2) is 11.6 Å². The van der Waals surface area contributed by atoms with E-state index in [0.29, 0.717) is 44.2 Å². The molecule has 29 heavy (non-hydrogen) atoms. The van der Waals surface area contributed by atoms with Gasteiger partial charge >= 0.3 is 6.03 Å². The number of carbonyl (C=O) groups is 1. The lowest BCUT2D eigenvalue weighted by molar-refractivity contribution is 0.208. The Kier molecular flexibility index (Phi) is 5.60. The van der Waals surface area contributed by atoms with Crippen molar-refractivity contribution in [3.05, 3.63) is 54.8 Å². The molecule has 1 fully saturated rings. The molecule has 0 spiro atoms. The Morgan fingerprint density at radius 3 is 2.48 bits per heavy atom. The van der Waals surface area contributed by atoms with Gasteiger partial charge in [0.1, 0.15) is 11.4 Å². The molecule has 3 heterocycles. The van der Waals surface area contributed by atoms with Crippen molar-refractivity contribution in [1.29, 1.82) is 0 Å². The van der Waals surface area contributed by atoms with E-state index >= 15 is 0 Å². The monoisotopic (exact) mass is 393 g/mol. The minimum absolute atomic E-state index is 0.104. The Labute approximate surface area is 169 Å². The molecule has 8 heteroatoms. The summed E-state index contributed by atoms with van der Waals surface area (Å²) in [5.41, 5.74) is 1.45. The summed E-state index contributed by atoms with van der Waals surface area (Å²) < 4.78 is 10.8. The number of nitrogens with zero attached hydrogens (tertiary/aromatic N) is 4. The highest BCUT2D eigenvalue weighted by Crippen LogP contribution is 2.20. The van der Waals surface area contributed by atoms with Crippen LogP contribution in [0.3, 0.4) is 0 Å². The minimum atomic E-state index is -0.104. The van der Waals surface area contributed by atoms with Crippen molar-refractivity contribution in [3.8, 4) is 17.2 Å². The summed E-state index contributed by atoms with van der Waals surface area (Å²) in [4.78, 5) is 16.5. The number of benzene rings is 1. The van der Waals surface area contributed by atoms with E-state index in [2.05, 4.69) is 20.4 Å². The fourth-order valence-corrected chi connectivity index (χ4v) is 3.19. The Balaban J connectivity index is 1.30. The number of amides is 2. The summed E-state index contributed by atoms with van der Waals surface area (Å²) in [7, 11) is 0. The van der Waals surface area contributed by atoms with Crippen molar-refractivity contribution in [1.82, 2.24) is 15.1 Å². The van der Waals surface area contributed by atoms with Crippen LogP contribution in [0, 0.1) is 0 Å². The molecule has 0 atom stereocenters. The molecular weight excluding hydrogens is 370 g/mol. The number of piperazine rings is 1.